The van der Waals surface area contributed by atoms with E-state index >= 15 is 0 Å². The van der Waals surface area contributed by atoms with E-state index in [1.165, 1.54) is 19.3 Å². The number of hydrogen-bond acceptors (Lipinski definition) is 1. The zero-order chi connectivity index (χ0) is 10.4. The molecule has 0 radical (unpaired) electrons. The molecule has 1 nitrogen and oxygen atoms in total. The molecule has 1 aliphatic rings. The van der Waals surface area contributed by atoms with Gasteiger partial charge in [-0.3, -0.25) is 0 Å². The Balaban J connectivity index is 2.44. The van der Waals surface area contributed by atoms with Gasteiger partial charge in [-0.05, 0) is 25.2 Å². The Labute approximate surface area is 87.9 Å². The normalized spacial score (nSPS) is 33.4. The van der Waals surface area contributed by atoms with Gasteiger partial charge < -0.3 is 5.11 Å². The minimum atomic E-state index is -0.544. The molecule has 0 heterocycles. The van der Waals surface area contributed by atoms with Gasteiger partial charge in [0.05, 0.1) is 5.60 Å². The van der Waals surface area contributed by atoms with E-state index in [2.05, 4.69) is 12.8 Å². The smallest absolute Gasteiger partial charge is 0.0756 e. The van der Waals surface area contributed by atoms with Crippen molar-refractivity contribution < 1.29 is 5.11 Å². The summed E-state index contributed by atoms with van der Waals surface area (Å²) in [7, 11) is 0. The summed E-state index contributed by atoms with van der Waals surface area (Å²) in [5, 5.41) is 10.2. The van der Waals surface area contributed by atoms with E-state index in [-0.39, 0.29) is 0 Å². The summed E-state index contributed by atoms with van der Waals surface area (Å²) >= 11 is 0. The van der Waals surface area contributed by atoms with E-state index in [9.17, 15) is 5.11 Å². The van der Waals surface area contributed by atoms with E-state index in [4.69, 9.17) is 6.42 Å². The number of terminal acetylenes is 1. The van der Waals surface area contributed by atoms with Crippen LogP contribution in [-0.4, -0.2) is 10.7 Å². The lowest BCUT2D eigenvalue weighted by Crippen LogP contribution is -2.26. The second kappa shape index (κ2) is 5.41. The van der Waals surface area contributed by atoms with Crippen molar-refractivity contribution in [3.05, 3.63) is 0 Å². The molecule has 14 heavy (non-hydrogen) atoms. The van der Waals surface area contributed by atoms with Crippen LogP contribution in [0.5, 0.6) is 0 Å². The third-order valence-corrected chi connectivity index (χ3v) is 3.40. The minimum absolute atomic E-state index is 0.534. The molecule has 0 aromatic carbocycles. The average Bonchev–Trinajstić information content (AvgIpc) is 2.30. The van der Waals surface area contributed by atoms with Crippen LogP contribution in [-0.2, 0) is 0 Å². The predicted octanol–water partition coefficient (Wildman–Crippen LogP) is 3.12. The van der Waals surface area contributed by atoms with Crippen LogP contribution in [0, 0.1) is 18.3 Å². The summed E-state index contributed by atoms with van der Waals surface area (Å²) in [5.74, 6) is 3.43. The van der Waals surface area contributed by atoms with E-state index in [1.54, 1.807) is 0 Å². The Morgan fingerprint density at radius 2 is 2.21 bits per heavy atom. The monoisotopic (exact) mass is 194 g/mol. The van der Waals surface area contributed by atoms with Gasteiger partial charge in [0.15, 0.2) is 0 Å². The minimum Gasteiger partial charge on any atom is -0.389 e. The van der Waals surface area contributed by atoms with Crippen LogP contribution >= 0.6 is 0 Å². The molecule has 2 atom stereocenters. The predicted molar refractivity (Wildman–Crippen MR) is 59.9 cm³/mol. The van der Waals surface area contributed by atoms with Gasteiger partial charge in [-0.15, -0.1) is 12.3 Å². The lowest BCUT2D eigenvalue weighted by atomic mass is 9.90. The van der Waals surface area contributed by atoms with Gasteiger partial charge >= 0.3 is 0 Å². The van der Waals surface area contributed by atoms with Gasteiger partial charge in [0.2, 0.25) is 0 Å². The standard InChI is InChI=1S/C13H22O/c1-3-6-12-7-5-10-13(14,9-4-2)11-8-12/h2,12,14H,3,5-11H2,1H3. The first-order chi connectivity index (χ1) is 6.70. The average molecular weight is 194 g/mol. The maximum Gasteiger partial charge on any atom is 0.0756 e. The number of hydrogen-bond donors (Lipinski definition) is 1. The van der Waals surface area contributed by atoms with Crippen molar-refractivity contribution in [2.24, 2.45) is 5.92 Å². The highest BCUT2D eigenvalue weighted by molar-refractivity contribution is 4.96. The van der Waals surface area contributed by atoms with Gasteiger partial charge in [-0.2, -0.15) is 0 Å². The van der Waals surface area contributed by atoms with Gasteiger partial charge in [-0.25, -0.2) is 0 Å². The molecular weight excluding hydrogens is 172 g/mol. The van der Waals surface area contributed by atoms with Crippen LogP contribution in [0.3, 0.4) is 0 Å². The summed E-state index contributed by atoms with van der Waals surface area (Å²) in [6.45, 7) is 2.23. The maximum absolute atomic E-state index is 10.2. The first kappa shape index (κ1) is 11.6. The topological polar surface area (TPSA) is 20.2 Å². The van der Waals surface area contributed by atoms with Crippen LogP contribution in [0.4, 0.5) is 0 Å². The molecular formula is C13H22O. The quantitative estimate of drug-likeness (QED) is 0.540. The van der Waals surface area contributed by atoms with Gasteiger partial charge in [0.1, 0.15) is 0 Å². The van der Waals surface area contributed by atoms with Gasteiger partial charge in [0.25, 0.3) is 0 Å². The summed E-state index contributed by atoms with van der Waals surface area (Å²) in [6.07, 6.45) is 13.8. The summed E-state index contributed by atoms with van der Waals surface area (Å²) in [6, 6.07) is 0. The molecule has 0 bridgehead atoms. The van der Waals surface area contributed by atoms with E-state index in [1.807, 2.05) is 0 Å². The van der Waals surface area contributed by atoms with Crippen molar-refractivity contribution in [3.63, 3.8) is 0 Å². The molecule has 1 aliphatic carbocycles. The van der Waals surface area contributed by atoms with Crippen LogP contribution in [0.25, 0.3) is 0 Å². The fraction of sp³-hybridized carbons (Fsp3) is 0.846. The molecule has 0 amide bonds. The summed E-state index contributed by atoms with van der Waals surface area (Å²) < 4.78 is 0. The fourth-order valence-corrected chi connectivity index (χ4v) is 2.53. The van der Waals surface area contributed by atoms with Crippen molar-refractivity contribution in [2.45, 2.75) is 63.9 Å². The highest BCUT2D eigenvalue weighted by Crippen LogP contribution is 2.34. The van der Waals surface area contributed by atoms with E-state index in [0.29, 0.717) is 6.42 Å². The zero-order valence-corrected chi connectivity index (χ0v) is 9.26. The lowest BCUT2D eigenvalue weighted by Gasteiger charge is -2.24. The Morgan fingerprint density at radius 1 is 1.43 bits per heavy atom. The molecule has 2 unspecified atom stereocenters. The van der Waals surface area contributed by atoms with Crippen molar-refractivity contribution >= 4 is 0 Å². The van der Waals surface area contributed by atoms with E-state index in [0.717, 1.165) is 31.6 Å². The van der Waals surface area contributed by atoms with Crippen molar-refractivity contribution in [2.75, 3.05) is 0 Å². The van der Waals surface area contributed by atoms with Crippen molar-refractivity contribution in [3.8, 4) is 12.3 Å². The second-order valence-electron chi connectivity index (χ2n) is 4.69. The van der Waals surface area contributed by atoms with Crippen molar-refractivity contribution in [1.82, 2.24) is 0 Å². The highest BCUT2D eigenvalue weighted by atomic mass is 16.3. The molecule has 1 heteroatoms. The second-order valence-corrected chi connectivity index (χ2v) is 4.69. The molecule has 1 fully saturated rings. The Hall–Kier alpha value is -0.480. The molecule has 0 aromatic heterocycles. The number of aliphatic hydroxyl groups is 1. The zero-order valence-electron chi connectivity index (χ0n) is 9.26. The van der Waals surface area contributed by atoms with Crippen molar-refractivity contribution in [1.29, 1.82) is 0 Å². The largest absolute Gasteiger partial charge is 0.389 e. The molecule has 0 aromatic rings. The molecule has 0 saturated heterocycles. The van der Waals surface area contributed by atoms with Crippen LogP contribution in [0.15, 0.2) is 0 Å². The fourth-order valence-electron chi connectivity index (χ4n) is 2.53. The summed E-state index contributed by atoms with van der Waals surface area (Å²) in [5.41, 5.74) is -0.544. The molecule has 1 N–H and O–H groups in total. The lowest BCUT2D eigenvalue weighted by molar-refractivity contribution is 0.0289. The number of rotatable bonds is 3. The van der Waals surface area contributed by atoms with E-state index < -0.39 is 5.60 Å². The first-order valence-corrected chi connectivity index (χ1v) is 5.86. The van der Waals surface area contributed by atoms with Gasteiger partial charge in [-0.1, -0.05) is 32.6 Å². The molecule has 80 valence electrons. The highest BCUT2D eigenvalue weighted by Gasteiger charge is 2.29. The molecule has 1 rings (SSSR count). The first-order valence-electron chi connectivity index (χ1n) is 5.86. The van der Waals surface area contributed by atoms with Crippen LogP contribution < -0.4 is 0 Å². The Kier molecular flexibility index (Phi) is 4.48. The third kappa shape index (κ3) is 3.35. The Bertz CT molecular complexity index is 204. The Morgan fingerprint density at radius 3 is 2.86 bits per heavy atom. The maximum atomic E-state index is 10.2. The molecule has 0 spiro atoms. The summed E-state index contributed by atoms with van der Waals surface area (Å²) in [4.78, 5) is 0. The molecule has 1 saturated carbocycles. The molecule has 0 aliphatic heterocycles. The van der Waals surface area contributed by atoms with Crippen LogP contribution in [0.2, 0.25) is 0 Å². The SMILES string of the molecule is C#CCC1(O)CCCC(CCC)CC1. The van der Waals surface area contributed by atoms with Crippen LogP contribution in [0.1, 0.15) is 58.3 Å². The third-order valence-electron chi connectivity index (χ3n) is 3.40. The van der Waals surface area contributed by atoms with Gasteiger partial charge in [0, 0.05) is 6.42 Å².